The Morgan fingerprint density at radius 3 is 2.73 bits per heavy atom. The molecule has 0 radical (unpaired) electrons. The van der Waals surface area contributed by atoms with E-state index in [0.717, 1.165) is 68.0 Å². The van der Waals surface area contributed by atoms with Crippen LogP contribution in [0.2, 0.25) is 0 Å². The lowest BCUT2D eigenvalue weighted by Gasteiger charge is -2.19. The molecule has 3 rings (SSSR count). The molecule has 1 aliphatic carbocycles. The summed E-state index contributed by atoms with van der Waals surface area (Å²) in [7, 11) is 0. The summed E-state index contributed by atoms with van der Waals surface area (Å²) in [5.74, 6) is 0.0436. The van der Waals surface area contributed by atoms with Gasteiger partial charge in [-0.2, -0.15) is 4.98 Å². The normalized spacial score (nSPS) is 13.1. The first-order chi connectivity index (χ1) is 14.5. The van der Waals surface area contributed by atoms with E-state index in [9.17, 15) is 9.59 Å². The molecular weight excluding hydrogens is 420 g/mol. The van der Waals surface area contributed by atoms with Crippen LogP contribution in [-0.4, -0.2) is 55.9 Å². The Morgan fingerprint density at radius 2 is 2.03 bits per heavy atom. The van der Waals surface area contributed by atoms with E-state index in [2.05, 4.69) is 39.2 Å². The summed E-state index contributed by atoms with van der Waals surface area (Å²) in [4.78, 5) is 31.7. The standard InChI is InChI=1S/C20H30N6O2S2/c1-4-17-23-24-19(30-17)21-16(27)13-29-18-14-9-7-10-15(14)26(20(28)22-18)12-8-11-25(5-2)6-3/h4-13H2,1-3H3,(H,21,24,27). The Hall–Kier alpha value is -1.78. The molecule has 164 valence electrons. The molecule has 2 heterocycles. The molecule has 1 aliphatic rings. The van der Waals surface area contributed by atoms with Crippen LogP contribution in [0.25, 0.3) is 0 Å². The molecule has 0 spiro atoms. The van der Waals surface area contributed by atoms with Crippen LogP contribution in [0.3, 0.4) is 0 Å². The summed E-state index contributed by atoms with van der Waals surface area (Å²) >= 11 is 2.72. The third-order valence-electron chi connectivity index (χ3n) is 5.31. The number of aryl methyl sites for hydroxylation is 1. The lowest BCUT2D eigenvalue weighted by atomic mass is 10.2. The zero-order chi connectivity index (χ0) is 21.5. The van der Waals surface area contributed by atoms with Gasteiger partial charge in [-0.15, -0.1) is 10.2 Å². The number of carbonyl (C=O) groups excluding carboxylic acids is 1. The zero-order valence-electron chi connectivity index (χ0n) is 17.9. The van der Waals surface area contributed by atoms with Crippen molar-refractivity contribution in [3.8, 4) is 0 Å². The maximum Gasteiger partial charge on any atom is 0.348 e. The zero-order valence-corrected chi connectivity index (χ0v) is 19.6. The third kappa shape index (κ3) is 5.67. The molecule has 0 aromatic carbocycles. The number of fused-ring (bicyclic) bond motifs is 1. The second kappa shape index (κ2) is 11.0. The Balaban J connectivity index is 1.63. The summed E-state index contributed by atoms with van der Waals surface area (Å²) in [6.45, 7) is 10.0. The molecule has 2 aromatic rings. The van der Waals surface area contributed by atoms with Gasteiger partial charge in [0, 0.05) is 17.8 Å². The number of rotatable bonds is 11. The molecule has 2 aromatic heterocycles. The molecule has 0 bridgehead atoms. The first-order valence-electron chi connectivity index (χ1n) is 10.7. The SMILES string of the molecule is CCc1nnc(NC(=O)CSc2nc(=O)n(CCCN(CC)CC)c3c2CCC3)s1. The number of nitrogens with zero attached hydrogens (tertiary/aromatic N) is 5. The number of thioether (sulfide) groups is 1. The molecule has 1 N–H and O–H groups in total. The summed E-state index contributed by atoms with van der Waals surface area (Å²) in [5.41, 5.74) is 2.04. The lowest BCUT2D eigenvalue weighted by Crippen LogP contribution is -2.30. The molecule has 0 fully saturated rings. The van der Waals surface area contributed by atoms with Crippen LogP contribution in [0.15, 0.2) is 9.82 Å². The lowest BCUT2D eigenvalue weighted by molar-refractivity contribution is -0.113. The van der Waals surface area contributed by atoms with E-state index < -0.39 is 0 Å². The van der Waals surface area contributed by atoms with Gasteiger partial charge in [-0.25, -0.2) is 4.79 Å². The Morgan fingerprint density at radius 1 is 1.23 bits per heavy atom. The van der Waals surface area contributed by atoms with Crippen molar-refractivity contribution in [1.29, 1.82) is 0 Å². The quantitative estimate of drug-likeness (QED) is 0.415. The van der Waals surface area contributed by atoms with E-state index in [1.165, 1.54) is 23.1 Å². The van der Waals surface area contributed by atoms with Gasteiger partial charge in [0.25, 0.3) is 0 Å². The molecule has 30 heavy (non-hydrogen) atoms. The predicted octanol–water partition coefficient (Wildman–Crippen LogP) is 2.61. The van der Waals surface area contributed by atoms with E-state index in [4.69, 9.17) is 0 Å². The van der Waals surface area contributed by atoms with Gasteiger partial charge in [0.1, 0.15) is 10.0 Å². The molecule has 0 atom stereocenters. The van der Waals surface area contributed by atoms with Crippen molar-refractivity contribution in [2.24, 2.45) is 0 Å². The number of amides is 1. The highest BCUT2D eigenvalue weighted by atomic mass is 32.2. The maximum atomic E-state index is 12.7. The summed E-state index contributed by atoms with van der Waals surface area (Å²) in [5, 5.41) is 12.9. The predicted molar refractivity (Wildman–Crippen MR) is 122 cm³/mol. The molecule has 0 unspecified atom stereocenters. The van der Waals surface area contributed by atoms with E-state index in [0.29, 0.717) is 16.7 Å². The molecule has 1 amide bonds. The fourth-order valence-electron chi connectivity index (χ4n) is 3.66. The first kappa shape index (κ1) is 22.9. The number of hydrogen-bond donors (Lipinski definition) is 1. The monoisotopic (exact) mass is 450 g/mol. The third-order valence-corrected chi connectivity index (χ3v) is 7.31. The van der Waals surface area contributed by atoms with Gasteiger partial charge in [0.05, 0.1) is 5.75 Å². The van der Waals surface area contributed by atoms with Crippen LogP contribution in [0.5, 0.6) is 0 Å². The number of carbonyl (C=O) groups is 1. The van der Waals surface area contributed by atoms with E-state index in [1.807, 2.05) is 11.5 Å². The first-order valence-corrected chi connectivity index (χ1v) is 12.5. The molecule has 0 saturated heterocycles. The van der Waals surface area contributed by atoms with Crippen molar-refractivity contribution in [3.05, 3.63) is 26.7 Å². The van der Waals surface area contributed by atoms with Crippen LogP contribution < -0.4 is 11.0 Å². The van der Waals surface area contributed by atoms with Crippen LogP contribution in [0, 0.1) is 0 Å². The largest absolute Gasteiger partial charge is 0.348 e. The number of anilines is 1. The molecule has 0 saturated carbocycles. The minimum Gasteiger partial charge on any atom is -0.304 e. The van der Waals surface area contributed by atoms with Gasteiger partial charge in [-0.1, -0.05) is 43.9 Å². The van der Waals surface area contributed by atoms with Gasteiger partial charge in [-0.05, 0) is 51.7 Å². The Labute approximate surface area is 185 Å². The highest BCUT2D eigenvalue weighted by molar-refractivity contribution is 8.00. The van der Waals surface area contributed by atoms with Gasteiger partial charge in [-0.3, -0.25) is 14.7 Å². The molecule has 0 aliphatic heterocycles. The van der Waals surface area contributed by atoms with Crippen molar-refractivity contribution in [2.75, 3.05) is 30.7 Å². The van der Waals surface area contributed by atoms with Gasteiger partial charge in [0.15, 0.2) is 0 Å². The minimum atomic E-state index is -0.199. The number of nitrogens with one attached hydrogen (secondary N) is 1. The summed E-state index contributed by atoms with van der Waals surface area (Å²) in [6.07, 6.45) is 4.58. The van der Waals surface area contributed by atoms with Crippen LogP contribution in [-0.2, 0) is 30.6 Å². The highest BCUT2D eigenvalue weighted by Crippen LogP contribution is 2.29. The van der Waals surface area contributed by atoms with E-state index in [-0.39, 0.29) is 17.3 Å². The van der Waals surface area contributed by atoms with Crippen LogP contribution in [0.4, 0.5) is 5.13 Å². The van der Waals surface area contributed by atoms with Gasteiger partial charge < -0.3 is 4.90 Å². The van der Waals surface area contributed by atoms with E-state index in [1.54, 1.807) is 0 Å². The second-order valence-corrected chi connectivity index (χ2v) is 9.23. The summed E-state index contributed by atoms with van der Waals surface area (Å²) in [6, 6.07) is 0. The van der Waals surface area contributed by atoms with Crippen molar-refractivity contribution in [2.45, 2.75) is 64.4 Å². The minimum absolute atomic E-state index is 0.157. The van der Waals surface area contributed by atoms with Gasteiger partial charge in [0.2, 0.25) is 11.0 Å². The number of aromatic nitrogens is 4. The smallest absolute Gasteiger partial charge is 0.304 e. The van der Waals surface area contributed by atoms with Crippen molar-refractivity contribution in [1.82, 2.24) is 24.6 Å². The Bertz CT molecular complexity index is 923. The molecular formula is C20H30N6O2S2. The fourth-order valence-corrected chi connectivity index (χ4v) is 5.24. The van der Waals surface area contributed by atoms with Crippen LogP contribution in [0.1, 0.15) is 49.9 Å². The summed E-state index contributed by atoms with van der Waals surface area (Å²) < 4.78 is 1.85. The fraction of sp³-hybridized carbons (Fsp3) is 0.650. The van der Waals surface area contributed by atoms with Crippen molar-refractivity contribution in [3.63, 3.8) is 0 Å². The van der Waals surface area contributed by atoms with E-state index >= 15 is 0 Å². The average Bonchev–Trinajstić information content (AvgIpc) is 3.40. The van der Waals surface area contributed by atoms with Gasteiger partial charge >= 0.3 is 5.69 Å². The second-order valence-electron chi connectivity index (χ2n) is 7.20. The molecule has 10 heteroatoms. The highest BCUT2D eigenvalue weighted by Gasteiger charge is 2.22. The van der Waals surface area contributed by atoms with Crippen molar-refractivity contribution < 1.29 is 4.79 Å². The average molecular weight is 451 g/mol. The van der Waals surface area contributed by atoms with Crippen molar-refractivity contribution >= 4 is 34.1 Å². The topological polar surface area (TPSA) is 93.0 Å². The maximum absolute atomic E-state index is 12.7. The molecule has 8 nitrogen and oxygen atoms in total. The van der Waals surface area contributed by atoms with Crippen LogP contribution >= 0.6 is 23.1 Å². The number of hydrogen-bond acceptors (Lipinski definition) is 8. The Kier molecular flexibility index (Phi) is 8.41.